The van der Waals surface area contributed by atoms with Gasteiger partial charge in [0.25, 0.3) is 5.56 Å². The number of aromatic amines is 1. The molecular formula is C20H24N4O3. The van der Waals surface area contributed by atoms with Crippen LogP contribution in [0.2, 0.25) is 0 Å². The van der Waals surface area contributed by atoms with Crippen molar-refractivity contribution in [3.63, 3.8) is 0 Å². The van der Waals surface area contributed by atoms with Gasteiger partial charge in [-0.15, -0.1) is 0 Å². The lowest BCUT2D eigenvalue weighted by atomic mass is 9.88. The lowest BCUT2D eigenvalue weighted by Crippen LogP contribution is -2.36. The van der Waals surface area contributed by atoms with Crippen molar-refractivity contribution in [3.8, 4) is 11.8 Å². The number of pyridine rings is 1. The Morgan fingerprint density at radius 2 is 1.78 bits per heavy atom. The summed E-state index contributed by atoms with van der Waals surface area (Å²) in [5.74, 6) is 1.36. The van der Waals surface area contributed by atoms with E-state index >= 15 is 0 Å². The number of nitrogens with zero attached hydrogens (tertiary/aromatic N) is 2. The van der Waals surface area contributed by atoms with Crippen molar-refractivity contribution >= 4 is 10.9 Å². The third-order valence-corrected chi connectivity index (χ3v) is 4.63. The van der Waals surface area contributed by atoms with E-state index in [1.807, 2.05) is 38.1 Å². The summed E-state index contributed by atoms with van der Waals surface area (Å²) in [4.78, 5) is 23.8. The second kappa shape index (κ2) is 7.36. The summed E-state index contributed by atoms with van der Waals surface area (Å²) >= 11 is 0. The molecule has 0 aliphatic rings. The molecule has 2 heterocycles. The van der Waals surface area contributed by atoms with Crippen molar-refractivity contribution in [2.75, 3.05) is 14.2 Å². The van der Waals surface area contributed by atoms with Crippen molar-refractivity contribution in [2.24, 2.45) is 5.73 Å². The molecule has 0 aliphatic carbocycles. The number of H-pyrrole nitrogens is 1. The minimum absolute atomic E-state index is 0.0678. The van der Waals surface area contributed by atoms with Crippen LogP contribution < -0.4 is 20.8 Å². The second-order valence-electron chi connectivity index (χ2n) is 6.74. The molecule has 0 saturated heterocycles. The Kier molecular flexibility index (Phi) is 5.14. The number of fused-ring (bicyclic) bond motifs is 1. The smallest absolute Gasteiger partial charge is 0.251 e. The monoisotopic (exact) mass is 368 g/mol. The highest BCUT2D eigenvalue weighted by Gasteiger charge is 2.24. The van der Waals surface area contributed by atoms with E-state index in [4.69, 9.17) is 15.2 Å². The summed E-state index contributed by atoms with van der Waals surface area (Å²) in [5, 5.41) is 0.977. The van der Waals surface area contributed by atoms with E-state index in [2.05, 4.69) is 15.0 Å². The minimum atomic E-state index is -0.744. The van der Waals surface area contributed by atoms with Crippen LogP contribution in [0.5, 0.6) is 11.8 Å². The number of benzene rings is 1. The molecule has 1 unspecified atom stereocenters. The highest BCUT2D eigenvalue weighted by molar-refractivity contribution is 5.80. The molecule has 3 rings (SSSR count). The Bertz CT molecular complexity index is 1010. The number of rotatable bonds is 6. The van der Waals surface area contributed by atoms with Crippen LogP contribution in [0.3, 0.4) is 0 Å². The molecular weight excluding hydrogens is 344 g/mol. The number of aryl methyl sites for hydroxylation is 1. The Morgan fingerprint density at radius 1 is 1.11 bits per heavy atom. The van der Waals surface area contributed by atoms with Gasteiger partial charge in [-0.05, 0) is 36.4 Å². The Balaban J connectivity index is 1.98. The van der Waals surface area contributed by atoms with Crippen LogP contribution in [0, 0.1) is 0 Å². The summed E-state index contributed by atoms with van der Waals surface area (Å²) in [6, 6.07) is 9.38. The summed E-state index contributed by atoms with van der Waals surface area (Å²) in [5.41, 5.74) is 8.17. The van der Waals surface area contributed by atoms with Crippen LogP contribution in [-0.2, 0) is 18.4 Å². The van der Waals surface area contributed by atoms with E-state index in [1.165, 1.54) is 14.2 Å². The normalized spacial score (nSPS) is 13.4. The quantitative estimate of drug-likeness (QED) is 0.692. The molecule has 2 aromatic heterocycles. The Hall–Kier alpha value is -2.93. The average molecular weight is 368 g/mol. The number of nitrogens with one attached hydrogen (secondary N) is 1. The van der Waals surface area contributed by atoms with E-state index in [-0.39, 0.29) is 5.56 Å². The van der Waals surface area contributed by atoms with E-state index in [9.17, 15) is 4.79 Å². The molecule has 7 nitrogen and oxygen atoms in total. The molecule has 0 aliphatic heterocycles. The lowest BCUT2D eigenvalue weighted by Gasteiger charge is -2.25. The zero-order valence-corrected chi connectivity index (χ0v) is 16.0. The summed E-state index contributed by atoms with van der Waals surface area (Å²) in [7, 11) is 3.08. The third-order valence-electron chi connectivity index (χ3n) is 4.63. The summed E-state index contributed by atoms with van der Waals surface area (Å²) in [6.45, 7) is 3.87. The van der Waals surface area contributed by atoms with Crippen molar-refractivity contribution in [3.05, 3.63) is 57.6 Å². The van der Waals surface area contributed by atoms with Gasteiger partial charge in [0, 0.05) is 23.0 Å². The molecule has 0 spiro atoms. The molecule has 0 amide bonds. The van der Waals surface area contributed by atoms with Crippen LogP contribution in [0.15, 0.2) is 35.1 Å². The number of ether oxygens (including phenoxy) is 2. The molecule has 0 bridgehead atoms. The minimum Gasteiger partial charge on any atom is -0.481 e. The van der Waals surface area contributed by atoms with Crippen LogP contribution >= 0.6 is 0 Å². The first-order chi connectivity index (χ1) is 12.9. The summed E-state index contributed by atoms with van der Waals surface area (Å²) < 4.78 is 10.4. The van der Waals surface area contributed by atoms with Crippen molar-refractivity contribution in [1.82, 2.24) is 15.0 Å². The van der Waals surface area contributed by atoms with E-state index < -0.39 is 5.54 Å². The topological polar surface area (TPSA) is 103 Å². The van der Waals surface area contributed by atoms with Crippen molar-refractivity contribution < 1.29 is 9.47 Å². The molecule has 0 fully saturated rings. The maximum atomic E-state index is 12.1. The van der Waals surface area contributed by atoms with Gasteiger partial charge in [-0.3, -0.25) is 4.79 Å². The molecule has 0 radical (unpaired) electrons. The second-order valence-corrected chi connectivity index (χ2v) is 6.74. The van der Waals surface area contributed by atoms with Gasteiger partial charge in [-0.2, -0.15) is 9.97 Å². The van der Waals surface area contributed by atoms with Gasteiger partial charge >= 0.3 is 0 Å². The number of aromatic nitrogens is 3. The molecule has 1 atom stereocenters. The fraction of sp³-hybridized carbons (Fsp3) is 0.350. The van der Waals surface area contributed by atoms with Crippen molar-refractivity contribution in [1.29, 1.82) is 0 Å². The van der Waals surface area contributed by atoms with E-state index in [0.717, 1.165) is 22.0 Å². The van der Waals surface area contributed by atoms with Gasteiger partial charge in [0.1, 0.15) is 5.82 Å². The van der Waals surface area contributed by atoms with Crippen LogP contribution in [0.1, 0.15) is 30.8 Å². The highest BCUT2D eigenvalue weighted by Crippen LogP contribution is 2.26. The van der Waals surface area contributed by atoms with Gasteiger partial charge in [-0.25, -0.2) is 0 Å². The van der Waals surface area contributed by atoms with Gasteiger partial charge in [0.05, 0.1) is 20.3 Å². The van der Waals surface area contributed by atoms with E-state index in [0.29, 0.717) is 30.4 Å². The molecule has 1 aromatic carbocycles. The molecule has 3 N–H and O–H groups in total. The zero-order chi connectivity index (χ0) is 19.6. The predicted molar refractivity (Wildman–Crippen MR) is 104 cm³/mol. The van der Waals surface area contributed by atoms with Crippen LogP contribution in [0.25, 0.3) is 10.9 Å². The molecule has 3 aromatic rings. The van der Waals surface area contributed by atoms with Gasteiger partial charge in [0.15, 0.2) is 0 Å². The first kappa shape index (κ1) is 18.8. The molecule has 142 valence electrons. The lowest BCUT2D eigenvalue weighted by molar-refractivity contribution is 0.363. The fourth-order valence-corrected chi connectivity index (χ4v) is 3.03. The number of nitrogens with two attached hydrogens (primary N) is 1. The third kappa shape index (κ3) is 3.93. The maximum absolute atomic E-state index is 12.1. The maximum Gasteiger partial charge on any atom is 0.251 e. The molecule has 0 saturated carbocycles. The first-order valence-electron chi connectivity index (χ1n) is 8.77. The average Bonchev–Trinajstić information content (AvgIpc) is 2.66. The van der Waals surface area contributed by atoms with Crippen molar-refractivity contribution in [2.45, 2.75) is 32.2 Å². The number of methoxy groups -OCH3 is 2. The first-order valence-corrected chi connectivity index (χ1v) is 8.77. The standard InChI is InChI=1S/C20H24N4O3/c1-5-12-8-13-6-7-14(9-15(13)22-19(12)25)20(2,21)11-16-23-17(26-3)10-18(24-16)27-4/h6-10H,5,11,21H2,1-4H3,(H,22,25). The molecule has 27 heavy (non-hydrogen) atoms. The summed E-state index contributed by atoms with van der Waals surface area (Å²) in [6.07, 6.45) is 1.07. The predicted octanol–water partition coefficient (Wildman–Crippen LogP) is 2.31. The fourth-order valence-electron chi connectivity index (χ4n) is 3.03. The van der Waals surface area contributed by atoms with Gasteiger partial charge in [-0.1, -0.05) is 19.1 Å². The number of hydrogen-bond donors (Lipinski definition) is 2. The number of hydrogen-bond acceptors (Lipinski definition) is 6. The largest absolute Gasteiger partial charge is 0.481 e. The van der Waals surface area contributed by atoms with Crippen LogP contribution in [0.4, 0.5) is 0 Å². The highest BCUT2D eigenvalue weighted by atomic mass is 16.5. The Morgan fingerprint density at radius 3 is 2.37 bits per heavy atom. The zero-order valence-electron chi connectivity index (χ0n) is 16.0. The van der Waals surface area contributed by atoms with Crippen LogP contribution in [-0.4, -0.2) is 29.2 Å². The van der Waals surface area contributed by atoms with Gasteiger partial charge in [0.2, 0.25) is 11.8 Å². The van der Waals surface area contributed by atoms with E-state index in [1.54, 1.807) is 6.07 Å². The Labute approximate surface area is 157 Å². The molecule has 7 heteroatoms. The SMILES string of the molecule is CCc1cc2ccc(C(C)(N)Cc3nc(OC)cc(OC)n3)cc2[nH]c1=O. The van der Waals surface area contributed by atoms with Gasteiger partial charge < -0.3 is 20.2 Å².